The van der Waals surface area contributed by atoms with Gasteiger partial charge in [-0.3, -0.25) is 14.5 Å². The molecule has 1 saturated heterocycles. The van der Waals surface area contributed by atoms with E-state index >= 15 is 0 Å². The van der Waals surface area contributed by atoms with Gasteiger partial charge in [-0.15, -0.1) is 0 Å². The number of benzene rings is 2. The highest BCUT2D eigenvalue weighted by atomic mass is 19.4. The summed E-state index contributed by atoms with van der Waals surface area (Å²) in [6, 6.07) is 15.9. The van der Waals surface area contributed by atoms with E-state index in [1.54, 1.807) is 29.2 Å². The number of amides is 2. The number of carbonyl (C=O) groups excluding carboxylic acids is 2. The van der Waals surface area contributed by atoms with Crippen LogP contribution in [-0.4, -0.2) is 54.0 Å². The van der Waals surface area contributed by atoms with Crippen LogP contribution in [0.4, 0.5) is 13.2 Å². The minimum atomic E-state index is -5.01. The Labute approximate surface area is 186 Å². The van der Waals surface area contributed by atoms with Crippen LogP contribution in [0.3, 0.4) is 0 Å². The molecule has 1 N–H and O–H groups in total. The van der Waals surface area contributed by atoms with Crippen LogP contribution in [0.2, 0.25) is 0 Å². The van der Waals surface area contributed by atoms with E-state index in [0.29, 0.717) is 31.7 Å². The highest BCUT2D eigenvalue weighted by Gasteiger charge is 2.40. The molecule has 2 amide bonds. The lowest BCUT2D eigenvalue weighted by atomic mass is 10.00. The number of alkyl halides is 3. The molecule has 1 heterocycles. The Hall–Kier alpha value is -2.87. The fourth-order valence-electron chi connectivity index (χ4n) is 3.78. The SMILES string of the molecule is CCc1ccc(C(CC(=O)N2CCN(Cc3ccccc3)CC2)NC(=O)C(F)(F)F)cc1. The van der Waals surface area contributed by atoms with Crippen LogP contribution in [0, 0.1) is 0 Å². The molecule has 2 aromatic carbocycles. The van der Waals surface area contributed by atoms with Gasteiger partial charge in [-0.1, -0.05) is 61.5 Å². The second-order valence-corrected chi connectivity index (χ2v) is 7.97. The first-order valence-corrected chi connectivity index (χ1v) is 10.8. The smallest absolute Gasteiger partial charge is 0.341 e. The van der Waals surface area contributed by atoms with Crippen molar-refractivity contribution >= 4 is 11.8 Å². The molecule has 32 heavy (non-hydrogen) atoms. The van der Waals surface area contributed by atoms with Gasteiger partial charge in [-0.25, -0.2) is 0 Å². The van der Waals surface area contributed by atoms with Crippen LogP contribution in [0.5, 0.6) is 0 Å². The number of piperazine rings is 1. The van der Waals surface area contributed by atoms with Gasteiger partial charge in [0.05, 0.1) is 12.5 Å². The van der Waals surface area contributed by atoms with Crippen molar-refractivity contribution in [2.75, 3.05) is 26.2 Å². The average Bonchev–Trinajstić information content (AvgIpc) is 2.79. The summed E-state index contributed by atoms with van der Waals surface area (Å²) in [4.78, 5) is 28.4. The first-order chi connectivity index (χ1) is 15.3. The summed E-state index contributed by atoms with van der Waals surface area (Å²) in [6.07, 6.45) is -4.44. The number of nitrogens with zero attached hydrogens (tertiary/aromatic N) is 2. The second-order valence-electron chi connectivity index (χ2n) is 7.97. The lowest BCUT2D eigenvalue weighted by molar-refractivity contribution is -0.174. The topological polar surface area (TPSA) is 52.7 Å². The van der Waals surface area contributed by atoms with Crippen LogP contribution in [-0.2, 0) is 22.6 Å². The Morgan fingerprint density at radius 3 is 2.12 bits per heavy atom. The van der Waals surface area contributed by atoms with Crippen molar-refractivity contribution < 1.29 is 22.8 Å². The first kappa shape index (κ1) is 23.8. The second kappa shape index (κ2) is 10.6. The molecule has 1 fully saturated rings. The van der Waals surface area contributed by atoms with Crippen molar-refractivity contribution in [2.45, 2.75) is 38.5 Å². The normalized spacial score (nSPS) is 15.9. The maximum absolute atomic E-state index is 12.9. The van der Waals surface area contributed by atoms with Gasteiger partial charge < -0.3 is 10.2 Å². The Morgan fingerprint density at radius 2 is 1.56 bits per heavy atom. The highest BCUT2D eigenvalue weighted by Crippen LogP contribution is 2.23. The van der Waals surface area contributed by atoms with Crippen LogP contribution >= 0.6 is 0 Å². The van der Waals surface area contributed by atoms with Crippen molar-refractivity contribution in [1.82, 2.24) is 15.1 Å². The number of rotatable bonds is 7. The number of hydrogen-bond donors (Lipinski definition) is 1. The van der Waals surface area contributed by atoms with Gasteiger partial charge >= 0.3 is 12.1 Å². The van der Waals surface area contributed by atoms with Gasteiger partial charge in [0.15, 0.2) is 0 Å². The molecule has 0 radical (unpaired) electrons. The van der Waals surface area contributed by atoms with Gasteiger partial charge in [-0.05, 0) is 23.1 Å². The molecule has 3 rings (SSSR count). The third-order valence-electron chi connectivity index (χ3n) is 5.71. The molecule has 8 heteroatoms. The Kier molecular flexibility index (Phi) is 7.90. The van der Waals surface area contributed by atoms with Gasteiger partial charge in [0.25, 0.3) is 0 Å². The Bertz CT molecular complexity index is 893. The summed E-state index contributed by atoms with van der Waals surface area (Å²) < 4.78 is 38.5. The summed E-state index contributed by atoms with van der Waals surface area (Å²) in [5.41, 5.74) is 2.70. The summed E-state index contributed by atoms with van der Waals surface area (Å²) >= 11 is 0. The molecular weight excluding hydrogens is 419 g/mol. The largest absolute Gasteiger partial charge is 0.471 e. The van der Waals surface area contributed by atoms with Crippen molar-refractivity contribution in [1.29, 1.82) is 0 Å². The van der Waals surface area contributed by atoms with E-state index in [0.717, 1.165) is 18.5 Å². The van der Waals surface area contributed by atoms with E-state index in [9.17, 15) is 22.8 Å². The van der Waals surface area contributed by atoms with Crippen LogP contribution in [0.1, 0.15) is 36.1 Å². The van der Waals surface area contributed by atoms with E-state index in [2.05, 4.69) is 17.0 Å². The molecule has 172 valence electrons. The van der Waals surface area contributed by atoms with E-state index < -0.39 is 18.1 Å². The molecule has 2 aromatic rings. The zero-order chi connectivity index (χ0) is 23.1. The van der Waals surface area contributed by atoms with Crippen LogP contribution in [0.25, 0.3) is 0 Å². The highest BCUT2D eigenvalue weighted by molar-refractivity contribution is 5.83. The molecule has 1 unspecified atom stereocenters. The molecular formula is C24H28F3N3O2. The van der Waals surface area contributed by atoms with E-state index in [1.807, 2.05) is 30.4 Å². The minimum absolute atomic E-state index is 0.216. The van der Waals surface area contributed by atoms with Gasteiger partial charge in [0.1, 0.15) is 0 Å². The van der Waals surface area contributed by atoms with Crippen molar-refractivity contribution in [3.63, 3.8) is 0 Å². The summed E-state index contributed by atoms with van der Waals surface area (Å²) in [5, 5.41) is 2.00. The molecule has 0 spiro atoms. The number of aryl methyl sites for hydroxylation is 1. The van der Waals surface area contributed by atoms with Gasteiger partial charge in [0.2, 0.25) is 5.91 Å². The third-order valence-corrected chi connectivity index (χ3v) is 5.71. The van der Waals surface area contributed by atoms with E-state index in [4.69, 9.17) is 0 Å². The zero-order valence-electron chi connectivity index (χ0n) is 18.1. The fourth-order valence-corrected chi connectivity index (χ4v) is 3.78. The lowest BCUT2D eigenvalue weighted by Crippen LogP contribution is -2.49. The molecule has 0 saturated carbocycles. The molecule has 1 aliphatic rings. The molecule has 0 aliphatic carbocycles. The molecule has 0 bridgehead atoms. The predicted octanol–water partition coefficient (Wildman–Crippen LogP) is 3.70. The summed E-state index contributed by atoms with van der Waals surface area (Å²) in [5.74, 6) is -2.31. The number of nitrogens with one attached hydrogen (secondary N) is 1. The van der Waals surface area contributed by atoms with E-state index in [-0.39, 0.29) is 12.3 Å². The van der Waals surface area contributed by atoms with Crippen LogP contribution < -0.4 is 5.32 Å². The molecule has 0 aromatic heterocycles. The number of halogens is 3. The standard InChI is InChI=1S/C24H28F3N3O2/c1-2-18-8-10-20(11-9-18)21(28-23(32)24(25,26)27)16-22(31)30-14-12-29(13-15-30)17-19-6-4-3-5-7-19/h3-11,21H,2,12-17H2,1H3,(H,28,32). The lowest BCUT2D eigenvalue weighted by Gasteiger charge is -2.35. The average molecular weight is 448 g/mol. The molecule has 5 nitrogen and oxygen atoms in total. The maximum Gasteiger partial charge on any atom is 0.471 e. The van der Waals surface area contributed by atoms with E-state index in [1.165, 1.54) is 5.56 Å². The van der Waals surface area contributed by atoms with Gasteiger partial charge in [-0.2, -0.15) is 13.2 Å². The summed E-state index contributed by atoms with van der Waals surface area (Å²) in [6.45, 7) is 5.13. The third kappa shape index (κ3) is 6.56. The van der Waals surface area contributed by atoms with Crippen molar-refractivity contribution in [3.8, 4) is 0 Å². The molecule has 1 atom stereocenters. The first-order valence-electron chi connectivity index (χ1n) is 10.8. The fraction of sp³-hybridized carbons (Fsp3) is 0.417. The van der Waals surface area contributed by atoms with Gasteiger partial charge in [0, 0.05) is 32.7 Å². The number of hydrogen-bond acceptors (Lipinski definition) is 3. The number of carbonyl (C=O) groups is 2. The maximum atomic E-state index is 12.9. The minimum Gasteiger partial charge on any atom is -0.341 e. The summed E-state index contributed by atoms with van der Waals surface area (Å²) in [7, 11) is 0. The Balaban J connectivity index is 1.62. The predicted molar refractivity (Wildman–Crippen MR) is 116 cm³/mol. The van der Waals surface area contributed by atoms with Crippen molar-refractivity contribution in [3.05, 3.63) is 71.3 Å². The zero-order valence-corrected chi connectivity index (χ0v) is 18.1. The quantitative estimate of drug-likeness (QED) is 0.704. The Morgan fingerprint density at radius 1 is 0.938 bits per heavy atom. The van der Waals surface area contributed by atoms with Crippen molar-refractivity contribution in [2.24, 2.45) is 0 Å². The monoisotopic (exact) mass is 447 g/mol. The van der Waals surface area contributed by atoms with Crippen LogP contribution in [0.15, 0.2) is 54.6 Å². The molecule has 1 aliphatic heterocycles.